The minimum absolute atomic E-state index is 0.284. The summed E-state index contributed by atoms with van der Waals surface area (Å²) in [7, 11) is 1.56. The number of nitrogens with zero attached hydrogens (tertiary/aromatic N) is 4. The molecule has 0 bridgehead atoms. The first-order valence-corrected chi connectivity index (χ1v) is 5.54. The monoisotopic (exact) mass is 258 g/mol. The lowest BCUT2D eigenvalue weighted by Crippen LogP contribution is -1.88. The van der Waals surface area contributed by atoms with E-state index in [9.17, 15) is 0 Å². The van der Waals surface area contributed by atoms with Crippen LogP contribution in [0.3, 0.4) is 0 Å². The molecule has 0 aliphatic rings. The molecule has 3 aromatic rings. The maximum atomic E-state index is 5.12. The van der Waals surface area contributed by atoms with E-state index in [1.54, 1.807) is 31.5 Å². The van der Waals surface area contributed by atoms with Gasteiger partial charge in [0.25, 0.3) is 5.89 Å². The van der Waals surface area contributed by atoms with Gasteiger partial charge >= 0.3 is 0 Å². The molecule has 0 unspecified atom stereocenters. The Morgan fingerprint density at radius 2 is 2.05 bits per heavy atom. The number of rotatable bonds is 3. The average molecular weight is 258 g/mol. The van der Waals surface area contributed by atoms with Crippen molar-refractivity contribution in [2.45, 2.75) is 6.92 Å². The van der Waals surface area contributed by atoms with Gasteiger partial charge in [-0.3, -0.25) is 0 Å². The average Bonchev–Trinajstić information content (AvgIpc) is 3.07. The molecule has 0 aromatic carbocycles. The van der Waals surface area contributed by atoms with E-state index in [1.165, 1.54) is 0 Å². The molecule has 0 atom stereocenters. The second-order valence-corrected chi connectivity index (χ2v) is 3.84. The summed E-state index contributed by atoms with van der Waals surface area (Å²) in [6, 6.07) is 5.25. The van der Waals surface area contributed by atoms with E-state index in [4.69, 9.17) is 13.8 Å². The van der Waals surface area contributed by atoms with Crippen molar-refractivity contribution in [2.24, 2.45) is 0 Å². The van der Waals surface area contributed by atoms with Gasteiger partial charge in [0.15, 0.2) is 0 Å². The fraction of sp³-hybridized carbons (Fsp3) is 0.167. The largest absolute Gasteiger partial charge is 0.481 e. The zero-order valence-corrected chi connectivity index (χ0v) is 10.3. The van der Waals surface area contributed by atoms with Crippen molar-refractivity contribution >= 4 is 0 Å². The molecule has 0 radical (unpaired) electrons. The predicted molar refractivity (Wildman–Crippen MR) is 64.3 cm³/mol. The van der Waals surface area contributed by atoms with E-state index in [0.29, 0.717) is 17.5 Å². The van der Waals surface area contributed by atoms with E-state index in [2.05, 4.69) is 20.3 Å². The predicted octanol–water partition coefficient (Wildman–Crippen LogP) is 2.10. The molecular weight excluding hydrogens is 248 g/mol. The second-order valence-electron chi connectivity index (χ2n) is 3.84. The number of pyridine rings is 1. The Morgan fingerprint density at radius 3 is 2.68 bits per heavy atom. The molecule has 96 valence electrons. The molecule has 19 heavy (non-hydrogen) atoms. The van der Waals surface area contributed by atoms with Crippen molar-refractivity contribution in [3.8, 4) is 28.9 Å². The van der Waals surface area contributed by atoms with E-state index >= 15 is 0 Å². The van der Waals surface area contributed by atoms with Crippen LogP contribution in [0.5, 0.6) is 5.88 Å². The van der Waals surface area contributed by atoms with Crippen molar-refractivity contribution < 1.29 is 13.8 Å². The fourth-order valence-corrected chi connectivity index (χ4v) is 1.54. The van der Waals surface area contributed by atoms with E-state index in [-0.39, 0.29) is 5.89 Å². The quantitative estimate of drug-likeness (QED) is 0.710. The molecule has 3 aromatic heterocycles. The summed E-state index contributed by atoms with van der Waals surface area (Å²) in [5.74, 6) is 1.68. The fourth-order valence-electron chi connectivity index (χ4n) is 1.54. The van der Waals surface area contributed by atoms with E-state index in [1.807, 2.05) is 6.92 Å². The molecule has 7 nitrogen and oxygen atoms in total. The first-order chi connectivity index (χ1) is 9.26. The van der Waals surface area contributed by atoms with Gasteiger partial charge in [0.05, 0.1) is 12.8 Å². The lowest BCUT2D eigenvalue weighted by Gasteiger charge is -1.97. The topological polar surface area (TPSA) is 87.1 Å². The number of aryl methyl sites for hydroxylation is 1. The third-order valence-corrected chi connectivity index (χ3v) is 2.47. The summed E-state index contributed by atoms with van der Waals surface area (Å²) < 4.78 is 15.2. The molecule has 0 amide bonds. The van der Waals surface area contributed by atoms with Gasteiger partial charge in [-0.1, -0.05) is 10.3 Å². The SMILES string of the molecule is COc1ccc(-c2noc(-c3cc(C)no3)n2)cn1. The molecule has 0 fully saturated rings. The molecule has 3 heterocycles. The molecule has 0 saturated heterocycles. The maximum Gasteiger partial charge on any atom is 0.296 e. The molecule has 3 rings (SSSR count). The zero-order valence-electron chi connectivity index (χ0n) is 10.3. The molecule has 0 aliphatic carbocycles. The normalized spacial score (nSPS) is 10.6. The van der Waals surface area contributed by atoms with Crippen LogP contribution < -0.4 is 4.74 Å². The molecule has 7 heteroatoms. The summed E-state index contributed by atoms with van der Waals surface area (Å²) in [4.78, 5) is 8.31. The molecular formula is C12H10N4O3. The number of methoxy groups -OCH3 is 1. The Morgan fingerprint density at radius 1 is 1.16 bits per heavy atom. The van der Waals surface area contributed by atoms with Crippen LogP contribution in [0, 0.1) is 6.92 Å². The molecule has 0 spiro atoms. The summed E-state index contributed by atoms with van der Waals surface area (Å²) in [5.41, 5.74) is 1.48. The van der Waals surface area contributed by atoms with Crippen LogP contribution in [0.2, 0.25) is 0 Å². The summed E-state index contributed by atoms with van der Waals surface area (Å²) >= 11 is 0. The zero-order chi connectivity index (χ0) is 13.2. The summed E-state index contributed by atoms with van der Waals surface area (Å²) in [6.07, 6.45) is 1.61. The van der Waals surface area contributed by atoms with Crippen LogP contribution in [-0.4, -0.2) is 27.4 Å². The van der Waals surface area contributed by atoms with Gasteiger partial charge in [-0.25, -0.2) is 4.98 Å². The van der Waals surface area contributed by atoms with E-state index in [0.717, 1.165) is 11.3 Å². The van der Waals surface area contributed by atoms with Crippen LogP contribution in [0.25, 0.3) is 23.0 Å². The maximum absolute atomic E-state index is 5.12. The van der Waals surface area contributed by atoms with Gasteiger partial charge in [0.1, 0.15) is 0 Å². The number of hydrogen-bond acceptors (Lipinski definition) is 7. The highest BCUT2D eigenvalue weighted by Gasteiger charge is 2.14. The van der Waals surface area contributed by atoms with Crippen LogP contribution in [0.1, 0.15) is 5.69 Å². The van der Waals surface area contributed by atoms with Crippen LogP contribution in [0.15, 0.2) is 33.4 Å². The highest BCUT2D eigenvalue weighted by molar-refractivity contribution is 5.56. The number of hydrogen-bond donors (Lipinski definition) is 0. The van der Waals surface area contributed by atoms with Crippen molar-refractivity contribution in [2.75, 3.05) is 7.11 Å². The first-order valence-electron chi connectivity index (χ1n) is 5.54. The van der Waals surface area contributed by atoms with Gasteiger partial charge in [-0.2, -0.15) is 4.98 Å². The first kappa shape index (κ1) is 11.4. The number of aromatic nitrogens is 4. The van der Waals surface area contributed by atoms with Crippen LogP contribution in [-0.2, 0) is 0 Å². The van der Waals surface area contributed by atoms with Gasteiger partial charge in [0.2, 0.25) is 17.5 Å². The Labute approximate surface area is 108 Å². The lowest BCUT2D eigenvalue weighted by molar-refractivity contribution is 0.383. The lowest BCUT2D eigenvalue weighted by atomic mass is 10.3. The Kier molecular flexibility index (Phi) is 2.71. The van der Waals surface area contributed by atoms with Gasteiger partial charge < -0.3 is 13.8 Å². The molecule has 0 N–H and O–H groups in total. The molecule has 0 saturated carbocycles. The smallest absolute Gasteiger partial charge is 0.296 e. The van der Waals surface area contributed by atoms with Crippen LogP contribution in [0.4, 0.5) is 0 Å². The second kappa shape index (κ2) is 4.52. The van der Waals surface area contributed by atoms with Crippen LogP contribution >= 0.6 is 0 Å². The van der Waals surface area contributed by atoms with Crippen molar-refractivity contribution in [3.05, 3.63) is 30.1 Å². The summed E-state index contributed by atoms with van der Waals surface area (Å²) in [6.45, 7) is 1.82. The minimum atomic E-state index is 0.284. The Bertz CT molecular complexity index is 687. The van der Waals surface area contributed by atoms with Crippen molar-refractivity contribution in [1.29, 1.82) is 0 Å². The summed E-state index contributed by atoms with van der Waals surface area (Å²) in [5, 5.41) is 7.64. The minimum Gasteiger partial charge on any atom is -0.481 e. The van der Waals surface area contributed by atoms with Gasteiger partial charge in [-0.15, -0.1) is 0 Å². The highest BCUT2D eigenvalue weighted by atomic mass is 16.5. The third-order valence-electron chi connectivity index (χ3n) is 2.47. The van der Waals surface area contributed by atoms with Crippen molar-refractivity contribution in [3.63, 3.8) is 0 Å². The highest BCUT2D eigenvalue weighted by Crippen LogP contribution is 2.22. The van der Waals surface area contributed by atoms with Gasteiger partial charge in [-0.05, 0) is 13.0 Å². The van der Waals surface area contributed by atoms with Crippen molar-refractivity contribution in [1.82, 2.24) is 20.3 Å². The third kappa shape index (κ3) is 2.17. The van der Waals surface area contributed by atoms with E-state index < -0.39 is 0 Å². The number of ether oxygens (including phenoxy) is 1. The Balaban J connectivity index is 1.91. The standard InChI is InChI=1S/C12H10N4O3/c1-7-5-9(18-15-7)12-14-11(16-19-12)8-3-4-10(17-2)13-6-8/h3-6H,1-2H3. The molecule has 0 aliphatic heterocycles. The Hall–Kier alpha value is -2.70. The van der Waals surface area contributed by atoms with Gasteiger partial charge in [0, 0.05) is 23.9 Å².